The first-order chi connectivity index (χ1) is 6.42. The Kier molecular flexibility index (Phi) is 2.07. The maximum absolute atomic E-state index is 3.47. The largest absolute Gasteiger partial charge is 0.313 e. The summed E-state index contributed by atoms with van der Waals surface area (Å²) in [6.45, 7) is 5.23. The molecule has 0 spiro atoms. The normalized spacial score (nSPS) is 38.3. The Morgan fingerprint density at radius 3 is 2.31 bits per heavy atom. The van der Waals surface area contributed by atoms with Crippen molar-refractivity contribution < 1.29 is 0 Å². The zero-order chi connectivity index (χ0) is 8.73. The zero-order valence-corrected chi connectivity index (χ0v) is 8.91. The average molecular weight is 198 g/mol. The van der Waals surface area contributed by atoms with E-state index in [4.69, 9.17) is 0 Å². The van der Waals surface area contributed by atoms with Gasteiger partial charge in [0.1, 0.15) is 0 Å². The lowest BCUT2D eigenvalue weighted by molar-refractivity contribution is 0.0528. The van der Waals surface area contributed by atoms with Crippen molar-refractivity contribution in [1.29, 1.82) is 0 Å². The van der Waals surface area contributed by atoms with Crippen molar-refractivity contribution in [2.75, 3.05) is 31.9 Å². The predicted octanol–water partition coefficient (Wildman–Crippen LogP) is 0.930. The molecular formula is C10H18N2S. The summed E-state index contributed by atoms with van der Waals surface area (Å²) in [5, 5.41) is 4.42. The highest BCUT2D eigenvalue weighted by atomic mass is 32.2. The number of nitrogens with one attached hydrogen (secondary N) is 1. The fourth-order valence-electron chi connectivity index (χ4n) is 2.86. The molecule has 3 aliphatic rings. The van der Waals surface area contributed by atoms with Crippen LogP contribution in [0, 0.1) is 0 Å². The minimum Gasteiger partial charge on any atom is -0.313 e. The number of hydrogen-bond acceptors (Lipinski definition) is 3. The Morgan fingerprint density at radius 1 is 1.23 bits per heavy atom. The highest BCUT2D eigenvalue weighted by Crippen LogP contribution is 2.43. The van der Waals surface area contributed by atoms with Crippen molar-refractivity contribution in [2.45, 2.75) is 30.1 Å². The van der Waals surface area contributed by atoms with Gasteiger partial charge in [0.15, 0.2) is 0 Å². The molecule has 1 N–H and O–H groups in total. The molecule has 13 heavy (non-hydrogen) atoms. The summed E-state index contributed by atoms with van der Waals surface area (Å²) in [7, 11) is 0. The van der Waals surface area contributed by atoms with Crippen LogP contribution < -0.4 is 5.32 Å². The van der Waals surface area contributed by atoms with Gasteiger partial charge >= 0.3 is 0 Å². The minimum atomic E-state index is 0.583. The second kappa shape index (κ2) is 3.14. The third kappa shape index (κ3) is 1.17. The van der Waals surface area contributed by atoms with Gasteiger partial charge < -0.3 is 5.32 Å². The molecule has 1 atom stereocenters. The maximum Gasteiger partial charge on any atom is 0.0577 e. The van der Waals surface area contributed by atoms with Crippen LogP contribution in [-0.2, 0) is 0 Å². The van der Waals surface area contributed by atoms with E-state index in [0.717, 1.165) is 5.25 Å². The van der Waals surface area contributed by atoms with E-state index in [2.05, 4.69) is 22.0 Å². The molecule has 0 saturated carbocycles. The smallest absolute Gasteiger partial charge is 0.0577 e. The number of likely N-dealkylation sites (tertiary alicyclic amines) is 1. The molecule has 74 valence electrons. The zero-order valence-electron chi connectivity index (χ0n) is 8.09. The lowest BCUT2D eigenvalue weighted by Gasteiger charge is -2.56. The van der Waals surface area contributed by atoms with Gasteiger partial charge in [0.05, 0.1) is 5.54 Å². The van der Waals surface area contributed by atoms with Crippen molar-refractivity contribution in [3.8, 4) is 0 Å². The summed E-state index contributed by atoms with van der Waals surface area (Å²) >= 11 is 2.19. The summed E-state index contributed by atoms with van der Waals surface area (Å²) in [5.41, 5.74) is 0.583. The molecule has 3 heteroatoms. The van der Waals surface area contributed by atoms with Gasteiger partial charge in [-0.2, -0.15) is 11.8 Å². The molecule has 3 heterocycles. The molecule has 3 fully saturated rings. The average Bonchev–Trinajstić information content (AvgIpc) is 2.43. The molecule has 3 saturated heterocycles. The molecule has 0 aliphatic carbocycles. The summed E-state index contributed by atoms with van der Waals surface area (Å²) in [4.78, 5) is 2.76. The Morgan fingerprint density at radius 2 is 1.92 bits per heavy atom. The van der Waals surface area contributed by atoms with Gasteiger partial charge in [-0.05, 0) is 38.1 Å². The quantitative estimate of drug-likeness (QED) is 0.710. The van der Waals surface area contributed by atoms with Crippen LogP contribution in [0.1, 0.15) is 19.3 Å². The van der Waals surface area contributed by atoms with E-state index in [-0.39, 0.29) is 0 Å². The Balaban J connectivity index is 1.74. The molecule has 1 unspecified atom stereocenters. The standard InChI is InChI=1S/C10H18N2S/c1-2-5-12(4-1)10(7-11-8-10)9-3-6-13-9/h9,11H,1-8H2. The molecule has 2 nitrogen and oxygen atoms in total. The minimum absolute atomic E-state index is 0.583. The molecule has 0 aromatic rings. The first-order valence-electron chi connectivity index (χ1n) is 5.49. The fraction of sp³-hybridized carbons (Fsp3) is 1.00. The van der Waals surface area contributed by atoms with Crippen LogP contribution in [0.2, 0.25) is 0 Å². The summed E-state index contributed by atoms with van der Waals surface area (Å²) < 4.78 is 0. The Bertz CT molecular complexity index is 193. The molecular weight excluding hydrogens is 180 g/mol. The summed E-state index contributed by atoms with van der Waals surface area (Å²) in [6.07, 6.45) is 4.32. The lowest BCUT2D eigenvalue weighted by atomic mass is 9.84. The molecule has 0 amide bonds. The van der Waals surface area contributed by atoms with Gasteiger partial charge in [-0.1, -0.05) is 0 Å². The Labute approximate surface area is 84.4 Å². The first-order valence-corrected chi connectivity index (χ1v) is 6.54. The molecule has 0 radical (unpaired) electrons. The van der Waals surface area contributed by atoms with Crippen molar-refractivity contribution in [2.24, 2.45) is 0 Å². The molecule has 0 aromatic heterocycles. The van der Waals surface area contributed by atoms with E-state index < -0.39 is 0 Å². The third-order valence-electron chi connectivity index (χ3n) is 3.90. The van der Waals surface area contributed by atoms with E-state index in [1.807, 2.05) is 0 Å². The molecule has 0 aromatic carbocycles. The van der Waals surface area contributed by atoms with E-state index in [0.29, 0.717) is 5.54 Å². The van der Waals surface area contributed by atoms with Crippen LogP contribution >= 0.6 is 11.8 Å². The second-order valence-electron chi connectivity index (χ2n) is 4.55. The molecule has 3 aliphatic heterocycles. The van der Waals surface area contributed by atoms with Crippen molar-refractivity contribution in [3.63, 3.8) is 0 Å². The van der Waals surface area contributed by atoms with E-state index in [9.17, 15) is 0 Å². The topological polar surface area (TPSA) is 15.3 Å². The number of rotatable bonds is 2. The lowest BCUT2D eigenvalue weighted by Crippen LogP contribution is -2.74. The second-order valence-corrected chi connectivity index (χ2v) is 5.86. The van der Waals surface area contributed by atoms with Crippen molar-refractivity contribution >= 4 is 11.8 Å². The number of nitrogens with zero attached hydrogens (tertiary/aromatic N) is 1. The SMILES string of the molecule is C1CCN(C2(C3CCS3)CNC2)C1. The third-order valence-corrected chi connectivity index (χ3v) is 5.44. The number of thioether (sulfide) groups is 1. The summed E-state index contributed by atoms with van der Waals surface area (Å²) in [5.74, 6) is 1.40. The van der Waals surface area contributed by atoms with Crippen molar-refractivity contribution in [3.05, 3.63) is 0 Å². The molecule has 0 bridgehead atoms. The van der Waals surface area contributed by atoms with Crippen LogP contribution in [0.5, 0.6) is 0 Å². The van der Waals surface area contributed by atoms with Gasteiger partial charge in [0.2, 0.25) is 0 Å². The van der Waals surface area contributed by atoms with E-state index in [1.165, 1.54) is 51.2 Å². The van der Waals surface area contributed by atoms with Gasteiger partial charge in [-0.15, -0.1) is 0 Å². The molecule has 3 rings (SSSR count). The summed E-state index contributed by atoms with van der Waals surface area (Å²) in [6, 6.07) is 0. The van der Waals surface area contributed by atoms with E-state index >= 15 is 0 Å². The monoisotopic (exact) mass is 198 g/mol. The van der Waals surface area contributed by atoms with Crippen LogP contribution in [0.25, 0.3) is 0 Å². The first kappa shape index (κ1) is 8.57. The Hall–Kier alpha value is 0.270. The number of hydrogen-bond donors (Lipinski definition) is 1. The van der Waals surface area contributed by atoms with Crippen LogP contribution in [-0.4, -0.2) is 47.6 Å². The van der Waals surface area contributed by atoms with Gasteiger partial charge in [0, 0.05) is 18.3 Å². The van der Waals surface area contributed by atoms with Gasteiger partial charge in [0.25, 0.3) is 0 Å². The fourth-order valence-corrected chi connectivity index (χ4v) is 3.96. The van der Waals surface area contributed by atoms with Gasteiger partial charge in [-0.3, -0.25) is 4.90 Å². The van der Waals surface area contributed by atoms with Crippen molar-refractivity contribution in [1.82, 2.24) is 10.2 Å². The maximum atomic E-state index is 3.47. The van der Waals surface area contributed by atoms with Crippen LogP contribution in [0.4, 0.5) is 0 Å². The van der Waals surface area contributed by atoms with Gasteiger partial charge in [-0.25, -0.2) is 0 Å². The van der Waals surface area contributed by atoms with Crippen LogP contribution in [0.15, 0.2) is 0 Å². The van der Waals surface area contributed by atoms with E-state index in [1.54, 1.807) is 0 Å². The predicted molar refractivity (Wildman–Crippen MR) is 57.3 cm³/mol. The highest BCUT2D eigenvalue weighted by molar-refractivity contribution is 8.01. The highest BCUT2D eigenvalue weighted by Gasteiger charge is 2.51. The van der Waals surface area contributed by atoms with Crippen LogP contribution in [0.3, 0.4) is 0 Å².